The number of amides is 2. The number of anilines is 1. The summed E-state index contributed by atoms with van der Waals surface area (Å²) in [7, 11) is 3.10. The molecule has 0 spiro atoms. The van der Waals surface area contributed by atoms with Gasteiger partial charge in [0.1, 0.15) is 13.2 Å². The van der Waals surface area contributed by atoms with Crippen molar-refractivity contribution in [3.8, 4) is 17.2 Å². The van der Waals surface area contributed by atoms with Crippen LogP contribution in [0.3, 0.4) is 0 Å². The Labute approximate surface area is 98.9 Å². The monoisotopic (exact) mass is 238 g/mol. The zero-order valence-corrected chi connectivity index (χ0v) is 9.70. The van der Waals surface area contributed by atoms with Crippen LogP contribution < -0.4 is 24.8 Å². The number of methoxy groups -OCH3 is 1. The Bertz CT molecular complexity index is 434. The molecular weight excluding hydrogens is 224 g/mol. The molecule has 0 bridgehead atoms. The first-order chi connectivity index (χ1) is 8.26. The van der Waals surface area contributed by atoms with Gasteiger partial charge in [0.25, 0.3) is 0 Å². The number of carbonyl (C=O) groups is 1. The molecule has 17 heavy (non-hydrogen) atoms. The van der Waals surface area contributed by atoms with Gasteiger partial charge in [0.2, 0.25) is 5.75 Å². The van der Waals surface area contributed by atoms with Crippen LogP contribution in [0, 0.1) is 0 Å². The minimum absolute atomic E-state index is 0.313. The molecule has 1 aliphatic heterocycles. The fourth-order valence-electron chi connectivity index (χ4n) is 1.56. The van der Waals surface area contributed by atoms with Crippen molar-refractivity contribution in [1.29, 1.82) is 0 Å². The van der Waals surface area contributed by atoms with E-state index in [4.69, 9.17) is 14.2 Å². The van der Waals surface area contributed by atoms with Gasteiger partial charge in [-0.15, -0.1) is 0 Å². The van der Waals surface area contributed by atoms with Crippen molar-refractivity contribution in [3.63, 3.8) is 0 Å². The molecule has 6 nitrogen and oxygen atoms in total. The van der Waals surface area contributed by atoms with Crippen LogP contribution in [0.4, 0.5) is 10.5 Å². The smallest absolute Gasteiger partial charge is 0.319 e. The fraction of sp³-hybridized carbons (Fsp3) is 0.364. The molecule has 2 N–H and O–H groups in total. The van der Waals surface area contributed by atoms with E-state index in [1.165, 1.54) is 0 Å². The summed E-state index contributed by atoms with van der Waals surface area (Å²) in [5, 5.41) is 5.13. The molecule has 0 fully saturated rings. The molecule has 1 heterocycles. The molecule has 6 heteroatoms. The van der Waals surface area contributed by atoms with E-state index >= 15 is 0 Å². The first-order valence-corrected chi connectivity index (χ1v) is 5.21. The van der Waals surface area contributed by atoms with E-state index in [2.05, 4.69) is 10.6 Å². The van der Waals surface area contributed by atoms with Gasteiger partial charge < -0.3 is 24.8 Å². The van der Waals surface area contributed by atoms with E-state index in [9.17, 15) is 4.79 Å². The summed E-state index contributed by atoms with van der Waals surface area (Å²) in [4.78, 5) is 11.3. The topological polar surface area (TPSA) is 68.8 Å². The minimum atomic E-state index is -0.313. The molecule has 0 atom stereocenters. The molecule has 1 aliphatic rings. The third kappa shape index (κ3) is 2.20. The summed E-state index contributed by atoms with van der Waals surface area (Å²) < 4.78 is 16.1. The van der Waals surface area contributed by atoms with Crippen LogP contribution in [0.15, 0.2) is 12.1 Å². The fourth-order valence-corrected chi connectivity index (χ4v) is 1.56. The number of hydrogen-bond donors (Lipinski definition) is 2. The number of ether oxygens (including phenoxy) is 3. The maximum Gasteiger partial charge on any atom is 0.319 e. The maximum absolute atomic E-state index is 11.3. The van der Waals surface area contributed by atoms with Gasteiger partial charge in [0.05, 0.1) is 12.8 Å². The molecule has 0 aromatic heterocycles. The van der Waals surface area contributed by atoms with Gasteiger partial charge in [-0.3, -0.25) is 0 Å². The molecule has 0 aliphatic carbocycles. The van der Waals surface area contributed by atoms with Crippen LogP contribution in [-0.4, -0.2) is 33.4 Å². The zero-order chi connectivity index (χ0) is 12.3. The van der Waals surface area contributed by atoms with Crippen LogP contribution in [0.25, 0.3) is 0 Å². The molecule has 2 amide bonds. The van der Waals surface area contributed by atoms with Crippen molar-refractivity contribution >= 4 is 11.7 Å². The number of hydrogen-bond acceptors (Lipinski definition) is 4. The molecule has 0 saturated carbocycles. The Kier molecular flexibility index (Phi) is 3.22. The van der Waals surface area contributed by atoms with E-state index in [1.54, 1.807) is 26.3 Å². The second kappa shape index (κ2) is 4.82. The van der Waals surface area contributed by atoms with Gasteiger partial charge in [0, 0.05) is 7.05 Å². The summed E-state index contributed by atoms with van der Waals surface area (Å²) in [6, 6.07) is 3.12. The average molecular weight is 238 g/mol. The lowest BCUT2D eigenvalue weighted by molar-refractivity contribution is 0.166. The van der Waals surface area contributed by atoms with E-state index in [0.29, 0.717) is 36.1 Å². The molecule has 92 valence electrons. The number of nitrogens with one attached hydrogen (secondary N) is 2. The Morgan fingerprint density at radius 2 is 2.00 bits per heavy atom. The summed E-state index contributed by atoms with van der Waals surface area (Å²) in [5.41, 5.74) is 0.555. The van der Waals surface area contributed by atoms with E-state index in [-0.39, 0.29) is 6.03 Å². The molecule has 1 aromatic carbocycles. The van der Waals surface area contributed by atoms with Crippen molar-refractivity contribution in [1.82, 2.24) is 5.32 Å². The Balaban J connectivity index is 2.37. The van der Waals surface area contributed by atoms with Crippen molar-refractivity contribution < 1.29 is 19.0 Å². The number of rotatable bonds is 2. The largest absolute Gasteiger partial charge is 0.493 e. The standard InChI is InChI=1S/C11H14N2O4/c1-12-11(14)13-7-3-4-8(15-2)10-9(7)16-5-6-17-10/h3-4H,5-6H2,1-2H3,(H2,12,13,14). The normalized spacial score (nSPS) is 12.8. The average Bonchev–Trinajstić information content (AvgIpc) is 2.39. The van der Waals surface area contributed by atoms with E-state index < -0.39 is 0 Å². The highest BCUT2D eigenvalue weighted by molar-refractivity contribution is 5.91. The molecule has 0 unspecified atom stereocenters. The van der Waals surface area contributed by atoms with Crippen LogP contribution >= 0.6 is 0 Å². The van der Waals surface area contributed by atoms with Gasteiger partial charge in [0.15, 0.2) is 11.5 Å². The first kappa shape index (κ1) is 11.4. The molecule has 0 saturated heterocycles. The van der Waals surface area contributed by atoms with Crippen LogP contribution in [0.1, 0.15) is 0 Å². The lowest BCUT2D eigenvalue weighted by Crippen LogP contribution is -2.25. The van der Waals surface area contributed by atoms with Crippen LogP contribution in [-0.2, 0) is 0 Å². The van der Waals surface area contributed by atoms with Crippen molar-refractivity contribution in [3.05, 3.63) is 12.1 Å². The third-order valence-electron chi connectivity index (χ3n) is 2.35. The van der Waals surface area contributed by atoms with Crippen molar-refractivity contribution in [2.45, 2.75) is 0 Å². The Morgan fingerprint density at radius 3 is 2.65 bits per heavy atom. The molecule has 0 radical (unpaired) electrons. The quantitative estimate of drug-likeness (QED) is 0.812. The Hall–Kier alpha value is -2.11. The van der Waals surface area contributed by atoms with Crippen molar-refractivity contribution in [2.24, 2.45) is 0 Å². The molecule has 1 aromatic rings. The van der Waals surface area contributed by atoms with Gasteiger partial charge in [-0.2, -0.15) is 0 Å². The highest BCUT2D eigenvalue weighted by Gasteiger charge is 2.21. The highest BCUT2D eigenvalue weighted by atomic mass is 16.6. The second-order valence-electron chi connectivity index (χ2n) is 3.37. The van der Waals surface area contributed by atoms with Gasteiger partial charge in [-0.25, -0.2) is 4.79 Å². The highest BCUT2D eigenvalue weighted by Crippen LogP contribution is 2.44. The van der Waals surface area contributed by atoms with Crippen LogP contribution in [0.2, 0.25) is 0 Å². The van der Waals surface area contributed by atoms with Gasteiger partial charge in [-0.05, 0) is 12.1 Å². The molecular formula is C11H14N2O4. The maximum atomic E-state index is 11.3. The number of benzene rings is 1. The number of fused-ring (bicyclic) bond motifs is 1. The Morgan fingerprint density at radius 1 is 1.29 bits per heavy atom. The summed E-state index contributed by atoms with van der Waals surface area (Å²) in [6.07, 6.45) is 0. The summed E-state index contributed by atoms with van der Waals surface area (Å²) >= 11 is 0. The zero-order valence-electron chi connectivity index (χ0n) is 9.70. The predicted octanol–water partition coefficient (Wildman–Crippen LogP) is 1.22. The minimum Gasteiger partial charge on any atom is -0.493 e. The summed E-state index contributed by atoms with van der Waals surface area (Å²) in [6.45, 7) is 0.912. The second-order valence-corrected chi connectivity index (χ2v) is 3.37. The number of urea groups is 1. The van der Waals surface area contributed by atoms with Crippen molar-refractivity contribution in [2.75, 3.05) is 32.7 Å². The van der Waals surface area contributed by atoms with Gasteiger partial charge >= 0.3 is 6.03 Å². The first-order valence-electron chi connectivity index (χ1n) is 5.21. The van der Waals surface area contributed by atoms with E-state index in [1.807, 2.05) is 0 Å². The molecule has 2 rings (SSSR count). The lowest BCUT2D eigenvalue weighted by atomic mass is 10.2. The lowest BCUT2D eigenvalue weighted by Gasteiger charge is -2.22. The van der Waals surface area contributed by atoms with Crippen LogP contribution in [0.5, 0.6) is 17.2 Å². The third-order valence-corrected chi connectivity index (χ3v) is 2.35. The summed E-state index contributed by atoms with van der Waals surface area (Å²) in [5.74, 6) is 1.61. The van der Waals surface area contributed by atoms with E-state index in [0.717, 1.165) is 0 Å². The van der Waals surface area contributed by atoms with Gasteiger partial charge in [-0.1, -0.05) is 0 Å². The predicted molar refractivity (Wildman–Crippen MR) is 62.1 cm³/mol. The SMILES string of the molecule is CNC(=O)Nc1ccc(OC)c2c1OCCO2. The number of carbonyl (C=O) groups excluding carboxylic acids is 1.